The molecule has 0 aliphatic heterocycles. The van der Waals surface area contributed by atoms with Crippen molar-refractivity contribution in [1.82, 2.24) is 0 Å². The summed E-state index contributed by atoms with van der Waals surface area (Å²) in [6.07, 6.45) is 0.786. The lowest BCUT2D eigenvalue weighted by Gasteiger charge is -2.16. The zero-order valence-corrected chi connectivity index (χ0v) is 16.3. The fourth-order valence-electron chi connectivity index (χ4n) is 2.26. The van der Waals surface area contributed by atoms with Crippen LogP contribution < -0.4 is 10.1 Å². The molecule has 1 amide bonds. The Morgan fingerprint density at radius 3 is 2.37 bits per heavy atom. The molecule has 0 saturated carbocycles. The summed E-state index contributed by atoms with van der Waals surface area (Å²) in [5, 5.41) is 2.57. The van der Waals surface area contributed by atoms with Gasteiger partial charge < -0.3 is 14.8 Å². The topological polar surface area (TPSA) is 98.8 Å². The van der Waals surface area contributed by atoms with Crippen molar-refractivity contribution in [2.45, 2.75) is 24.7 Å². The van der Waals surface area contributed by atoms with Gasteiger partial charge >= 0.3 is 5.97 Å². The Bertz CT molecular complexity index is 944. The predicted octanol–water partition coefficient (Wildman–Crippen LogP) is 3.93. The Kier molecular flexibility index (Phi) is 6.81. The molecule has 9 heteroatoms. The number of benzene rings is 2. The maximum atomic E-state index is 12.1. The summed E-state index contributed by atoms with van der Waals surface area (Å²) < 4.78 is 34.5. The van der Waals surface area contributed by atoms with Crippen LogP contribution >= 0.6 is 10.7 Å². The maximum absolute atomic E-state index is 12.1. The second-order valence-corrected chi connectivity index (χ2v) is 8.03. The molecule has 0 saturated heterocycles. The first-order valence-electron chi connectivity index (χ1n) is 8.00. The van der Waals surface area contributed by atoms with Crippen LogP contribution in [0.4, 0.5) is 5.69 Å². The summed E-state index contributed by atoms with van der Waals surface area (Å²) in [5.41, 5.74) is -0.0941. The Balaban J connectivity index is 2.67. The highest BCUT2D eigenvalue weighted by Gasteiger charge is 2.25. The van der Waals surface area contributed by atoms with E-state index in [1.54, 1.807) is 30.3 Å². The first-order chi connectivity index (χ1) is 12.8. The minimum atomic E-state index is -4.30. The molecule has 0 aliphatic rings. The van der Waals surface area contributed by atoms with Gasteiger partial charge in [0.2, 0.25) is 5.91 Å². The van der Waals surface area contributed by atoms with Gasteiger partial charge in [0.15, 0.2) is 5.75 Å². The highest BCUT2D eigenvalue weighted by molar-refractivity contribution is 8.13. The number of hydrogen-bond donors (Lipinski definition) is 1. The van der Waals surface area contributed by atoms with Crippen LogP contribution in [0, 0.1) is 0 Å². The third-order valence-electron chi connectivity index (χ3n) is 3.45. The number of esters is 1. The standard InChI is InChI=1S/C18H18ClNO6S/c1-3-7-16(21)20-14-10-12(18(22)25-2)11-15(27(19,23)24)17(14)26-13-8-5-4-6-9-13/h4-6,8-11H,3,7H2,1-2H3,(H,20,21). The number of rotatable bonds is 7. The van der Waals surface area contributed by atoms with Crippen LogP contribution in [0.15, 0.2) is 47.4 Å². The lowest BCUT2D eigenvalue weighted by Crippen LogP contribution is -2.14. The van der Waals surface area contributed by atoms with Crippen molar-refractivity contribution in [3.05, 3.63) is 48.0 Å². The number of halogens is 1. The molecule has 2 aromatic rings. The van der Waals surface area contributed by atoms with Gasteiger partial charge in [-0.2, -0.15) is 0 Å². The largest absolute Gasteiger partial charge is 0.465 e. The van der Waals surface area contributed by atoms with E-state index in [2.05, 4.69) is 10.1 Å². The number of methoxy groups -OCH3 is 1. The summed E-state index contributed by atoms with van der Waals surface area (Å²) in [5.74, 6) is -1.01. The van der Waals surface area contributed by atoms with Crippen molar-refractivity contribution in [2.24, 2.45) is 0 Å². The minimum Gasteiger partial charge on any atom is -0.465 e. The fourth-order valence-corrected chi connectivity index (χ4v) is 3.25. The second-order valence-electron chi connectivity index (χ2n) is 5.49. The van der Waals surface area contributed by atoms with Crippen molar-refractivity contribution >= 4 is 37.3 Å². The number of carbonyl (C=O) groups excluding carboxylic acids is 2. The maximum Gasteiger partial charge on any atom is 0.337 e. The third-order valence-corrected chi connectivity index (χ3v) is 4.78. The SMILES string of the molecule is CCCC(=O)Nc1cc(C(=O)OC)cc(S(=O)(=O)Cl)c1Oc1ccccc1. The van der Waals surface area contributed by atoms with Gasteiger partial charge in [0, 0.05) is 17.1 Å². The first kappa shape index (κ1) is 20.7. The van der Waals surface area contributed by atoms with Gasteiger partial charge in [0.05, 0.1) is 18.4 Å². The van der Waals surface area contributed by atoms with E-state index in [-0.39, 0.29) is 29.3 Å². The molecule has 2 rings (SSSR count). The van der Waals surface area contributed by atoms with Crippen LogP contribution in [-0.4, -0.2) is 27.4 Å². The van der Waals surface area contributed by atoms with Crippen molar-refractivity contribution < 1.29 is 27.5 Å². The molecule has 0 radical (unpaired) electrons. The Morgan fingerprint density at radius 2 is 1.81 bits per heavy atom. The van der Waals surface area contributed by atoms with E-state index in [1.165, 1.54) is 6.07 Å². The van der Waals surface area contributed by atoms with Crippen LogP contribution in [0.2, 0.25) is 0 Å². The van der Waals surface area contributed by atoms with Crippen LogP contribution in [0.1, 0.15) is 30.1 Å². The van der Waals surface area contributed by atoms with Gasteiger partial charge in [0.1, 0.15) is 10.6 Å². The summed E-state index contributed by atoms with van der Waals surface area (Å²) in [6.45, 7) is 1.82. The molecule has 27 heavy (non-hydrogen) atoms. The molecule has 0 aromatic heterocycles. The molecule has 0 unspecified atom stereocenters. The minimum absolute atomic E-state index is 0.000530. The quantitative estimate of drug-likeness (QED) is 0.547. The number of ether oxygens (including phenoxy) is 2. The molecule has 0 heterocycles. The smallest absolute Gasteiger partial charge is 0.337 e. The van der Waals surface area contributed by atoms with Gasteiger partial charge in [-0.3, -0.25) is 4.79 Å². The summed E-state index contributed by atoms with van der Waals surface area (Å²) in [4.78, 5) is 23.5. The lowest BCUT2D eigenvalue weighted by atomic mass is 10.1. The molecule has 0 atom stereocenters. The van der Waals surface area contributed by atoms with Gasteiger partial charge in [-0.05, 0) is 30.7 Å². The lowest BCUT2D eigenvalue weighted by molar-refractivity contribution is -0.116. The normalized spacial score (nSPS) is 10.9. The highest BCUT2D eigenvalue weighted by Crippen LogP contribution is 2.39. The second kappa shape index (κ2) is 8.88. The van der Waals surface area contributed by atoms with Gasteiger partial charge in [0.25, 0.3) is 9.05 Å². The third kappa shape index (κ3) is 5.45. The molecule has 0 spiro atoms. The van der Waals surface area contributed by atoms with Crippen LogP contribution in [0.5, 0.6) is 11.5 Å². The number of hydrogen-bond acceptors (Lipinski definition) is 6. The van der Waals surface area contributed by atoms with E-state index >= 15 is 0 Å². The van der Waals surface area contributed by atoms with E-state index in [9.17, 15) is 18.0 Å². The van der Waals surface area contributed by atoms with E-state index in [0.29, 0.717) is 12.2 Å². The predicted molar refractivity (Wildman–Crippen MR) is 101 cm³/mol. The first-order valence-corrected chi connectivity index (χ1v) is 10.3. The summed E-state index contributed by atoms with van der Waals surface area (Å²) >= 11 is 0. The van der Waals surface area contributed by atoms with Gasteiger partial charge in [-0.25, -0.2) is 13.2 Å². The monoisotopic (exact) mass is 411 g/mol. The van der Waals surface area contributed by atoms with Crippen molar-refractivity contribution in [3.8, 4) is 11.5 Å². The van der Waals surface area contributed by atoms with Gasteiger partial charge in [-0.1, -0.05) is 25.1 Å². The molecule has 1 N–H and O–H groups in total. The van der Waals surface area contributed by atoms with Crippen molar-refractivity contribution in [3.63, 3.8) is 0 Å². The zero-order chi connectivity index (χ0) is 20.0. The van der Waals surface area contributed by atoms with Crippen LogP contribution in [-0.2, 0) is 18.6 Å². The Hall–Kier alpha value is -2.58. The average Bonchev–Trinajstić information content (AvgIpc) is 2.62. The number of amides is 1. The molecular weight excluding hydrogens is 394 g/mol. The Morgan fingerprint density at radius 1 is 1.15 bits per heavy atom. The summed E-state index contributed by atoms with van der Waals surface area (Å²) in [7, 11) is 2.40. The number of para-hydroxylation sites is 1. The molecule has 2 aromatic carbocycles. The number of anilines is 1. The van der Waals surface area contributed by atoms with E-state index < -0.39 is 19.9 Å². The number of nitrogens with one attached hydrogen (secondary N) is 1. The van der Waals surface area contributed by atoms with Crippen LogP contribution in [0.3, 0.4) is 0 Å². The fraction of sp³-hybridized carbons (Fsp3) is 0.222. The molecule has 0 bridgehead atoms. The van der Waals surface area contributed by atoms with Crippen molar-refractivity contribution in [1.29, 1.82) is 0 Å². The van der Waals surface area contributed by atoms with E-state index in [1.807, 2.05) is 6.92 Å². The zero-order valence-electron chi connectivity index (χ0n) is 14.7. The number of carbonyl (C=O) groups is 2. The van der Waals surface area contributed by atoms with Crippen LogP contribution in [0.25, 0.3) is 0 Å². The highest BCUT2D eigenvalue weighted by atomic mass is 35.7. The Labute approximate surface area is 161 Å². The molecule has 0 aliphatic carbocycles. The summed E-state index contributed by atoms with van der Waals surface area (Å²) in [6, 6.07) is 10.7. The van der Waals surface area contributed by atoms with E-state index in [0.717, 1.165) is 13.2 Å². The molecular formula is C18H18ClNO6S. The van der Waals surface area contributed by atoms with E-state index in [4.69, 9.17) is 15.4 Å². The molecule has 144 valence electrons. The molecule has 0 fully saturated rings. The molecule has 7 nitrogen and oxygen atoms in total. The average molecular weight is 412 g/mol. The van der Waals surface area contributed by atoms with Crippen molar-refractivity contribution in [2.75, 3.05) is 12.4 Å². The van der Waals surface area contributed by atoms with Gasteiger partial charge in [-0.15, -0.1) is 0 Å².